The number of hydrogen-bond acceptors (Lipinski definition) is 3. The van der Waals surface area contributed by atoms with Crippen LogP contribution in [0.2, 0.25) is 0 Å². The molecule has 0 aromatic heterocycles. The van der Waals surface area contributed by atoms with E-state index in [1.807, 2.05) is 12.1 Å². The molecule has 1 aromatic carbocycles. The summed E-state index contributed by atoms with van der Waals surface area (Å²) in [6.07, 6.45) is 4.87. The van der Waals surface area contributed by atoms with E-state index in [2.05, 4.69) is 20.8 Å². The van der Waals surface area contributed by atoms with Crippen LogP contribution in [-0.2, 0) is 4.74 Å². The molecule has 0 aliphatic carbocycles. The third kappa shape index (κ3) is 2.18. The van der Waals surface area contributed by atoms with Crippen LogP contribution in [0.25, 0.3) is 0 Å². The zero-order valence-electron chi connectivity index (χ0n) is 12.6. The topological polar surface area (TPSA) is 38.7 Å². The number of aromatic hydroxyl groups is 1. The second kappa shape index (κ2) is 4.96. The number of rotatable bonds is 2. The van der Waals surface area contributed by atoms with Crippen LogP contribution in [0, 0.1) is 5.92 Å². The quantitative estimate of drug-likeness (QED) is 0.879. The van der Waals surface area contributed by atoms with Gasteiger partial charge < -0.3 is 14.6 Å². The van der Waals surface area contributed by atoms with Crippen LogP contribution in [0.15, 0.2) is 18.2 Å². The Balaban J connectivity index is 1.98. The van der Waals surface area contributed by atoms with Gasteiger partial charge in [0.15, 0.2) is 11.5 Å². The predicted octanol–water partition coefficient (Wildman–Crippen LogP) is 4.20. The van der Waals surface area contributed by atoms with Crippen LogP contribution in [0.4, 0.5) is 0 Å². The molecule has 1 N–H and O–H groups in total. The first kappa shape index (κ1) is 13.7. The highest BCUT2D eigenvalue weighted by atomic mass is 16.5. The summed E-state index contributed by atoms with van der Waals surface area (Å²) in [5.41, 5.74) is 0.711. The first-order chi connectivity index (χ1) is 9.53. The maximum absolute atomic E-state index is 10.1. The summed E-state index contributed by atoms with van der Waals surface area (Å²) < 4.78 is 12.4. The summed E-state index contributed by atoms with van der Waals surface area (Å²) in [7, 11) is 0. The van der Waals surface area contributed by atoms with Gasteiger partial charge in [0.25, 0.3) is 0 Å². The van der Waals surface area contributed by atoms with Gasteiger partial charge in [-0.2, -0.15) is 0 Å². The van der Waals surface area contributed by atoms with Gasteiger partial charge in [0.2, 0.25) is 0 Å². The molecule has 20 heavy (non-hydrogen) atoms. The molecular formula is C17H24O3. The van der Waals surface area contributed by atoms with Crippen LogP contribution in [0.1, 0.15) is 58.1 Å². The maximum Gasteiger partial charge on any atom is 0.167 e. The lowest BCUT2D eigenvalue weighted by atomic mass is 9.75. The van der Waals surface area contributed by atoms with E-state index in [0.717, 1.165) is 31.2 Å². The van der Waals surface area contributed by atoms with E-state index in [-0.39, 0.29) is 17.5 Å². The maximum atomic E-state index is 10.1. The highest BCUT2D eigenvalue weighted by Crippen LogP contribution is 2.53. The van der Waals surface area contributed by atoms with Gasteiger partial charge in [0.05, 0.1) is 12.2 Å². The molecule has 0 saturated carbocycles. The lowest BCUT2D eigenvalue weighted by molar-refractivity contribution is -0.151. The molecule has 1 fully saturated rings. The number of fused-ring (bicyclic) bond motifs is 3. The molecule has 0 amide bonds. The third-order valence-corrected chi connectivity index (χ3v) is 4.70. The molecule has 3 rings (SSSR count). The number of benzene rings is 1. The predicted molar refractivity (Wildman–Crippen MR) is 78.1 cm³/mol. The van der Waals surface area contributed by atoms with E-state index in [1.54, 1.807) is 6.07 Å². The van der Waals surface area contributed by atoms with Crippen LogP contribution in [-0.4, -0.2) is 16.8 Å². The molecule has 0 radical (unpaired) electrons. The van der Waals surface area contributed by atoms with Gasteiger partial charge in [-0.1, -0.05) is 25.5 Å². The molecule has 3 atom stereocenters. The second-order valence-corrected chi connectivity index (χ2v) is 6.55. The van der Waals surface area contributed by atoms with Gasteiger partial charge in [-0.3, -0.25) is 0 Å². The largest absolute Gasteiger partial charge is 0.504 e. The smallest absolute Gasteiger partial charge is 0.167 e. The van der Waals surface area contributed by atoms with Gasteiger partial charge in [-0.05, 0) is 39.2 Å². The van der Waals surface area contributed by atoms with Crippen molar-refractivity contribution in [2.75, 3.05) is 0 Å². The molecule has 110 valence electrons. The van der Waals surface area contributed by atoms with Gasteiger partial charge in [-0.25, -0.2) is 0 Å². The summed E-state index contributed by atoms with van der Waals surface area (Å²) >= 11 is 0. The van der Waals surface area contributed by atoms with Gasteiger partial charge in [-0.15, -0.1) is 0 Å². The molecule has 1 aromatic rings. The monoisotopic (exact) mass is 276 g/mol. The summed E-state index contributed by atoms with van der Waals surface area (Å²) in [6.45, 7) is 6.40. The zero-order chi connectivity index (χ0) is 14.3. The van der Waals surface area contributed by atoms with E-state index in [9.17, 15) is 5.11 Å². The zero-order valence-corrected chi connectivity index (χ0v) is 12.6. The molecule has 2 aliphatic rings. The van der Waals surface area contributed by atoms with Crippen molar-refractivity contribution in [3.05, 3.63) is 23.8 Å². The van der Waals surface area contributed by atoms with Crippen molar-refractivity contribution in [3.63, 3.8) is 0 Å². The summed E-state index contributed by atoms with van der Waals surface area (Å²) in [5, 5.41) is 10.1. The molecule has 0 bridgehead atoms. The van der Waals surface area contributed by atoms with Crippen molar-refractivity contribution < 1.29 is 14.6 Å². The van der Waals surface area contributed by atoms with Crippen LogP contribution in [0.3, 0.4) is 0 Å². The van der Waals surface area contributed by atoms with E-state index >= 15 is 0 Å². The Bertz CT molecular complexity index is 495. The fraction of sp³-hybridized carbons (Fsp3) is 0.647. The summed E-state index contributed by atoms with van der Waals surface area (Å²) in [6, 6.07) is 5.58. The van der Waals surface area contributed by atoms with Crippen LogP contribution in [0.5, 0.6) is 11.5 Å². The fourth-order valence-electron chi connectivity index (χ4n) is 3.64. The van der Waals surface area contributed by atoms with E-state index < -0.39 is 0 Å². The summed E-state index contributed by atoms with van der Waals surface area (Å²) in [5.74, 6) is 1.18. The number of hydrogen-bond donors (Lipinski definition) is 1. The van der Waals surface area contributed by atoms with Crippen LogP contribution < -0.4 is 4.74 Å². The molecule has 3 heteroatoms. The van der Waals surface area contributed by atoms with Crippen molar-refractivity contribution >= 4 is 0 Å². The standard InChI is InChI=1S/C17H24O3/c1-4-6-11-9-10-13-15(19-11)12-7-5-8-14(18)16(12)20-17(13,2)3/h5,7-8,11,13,15,18H,4,6,9-10H2,1-3H3/t11-,13-,15+/m1/s1. The average Bonchev–Trinajstić information content (AvgIpc) is 2.40. The number of ether oxygens (including phenoxy) is 2. The fourth-order valence-corrected chi connectivity index (χ4v) is 3.64. The Morgan fingerprint density at radius 2 is 2.10 bits per heavy atom. The Morgan fingerprint density at radius 3 is 2.85 bits per heavy atom. The highest BCUT2D eigenvalue weighted by Gasteiger charge is 2.47. The highest BCUT2D eigenvalue weighted by molar-refractivity contribution is 5.49. The van der Waals surface area contributed by atoms with Crippen molar-refractivity contribution in [2.45, 2.75) is 64.3 Å². The average molecular weight is 276 g/mol. The van der Waals surface area contributed by atoms with Crippen molar-refractivity contribution in [1.82, 2.24) is 0 Å². The molecule has 3 nitrogen and oxygen atoms in total. The minimum absolute atomic E-state index is 0.0474. The van der Waals surface area contributed by atoms with E-state index in [0.29, 0.717) is 17.8 Å². The Hall–Kier alpha value is -1.22. The molecule has 2 heterocycles. The van der Waals surface area contributed by atoms with E-state index in [1.165, 1.54) is 0 Å². The Labute approximate surface area is 120 Å². The van der Waals surface area contributed by atoms with Gasteiger partial charge >= 0.3 is 0 Å². The van der Waals surface area contributed by atoms with Crippen molar-refractivity contribution in [3.8, 4) is 11.5 Å². The minimum atomic E-state index is -0.298. The first-order valence-corrected chi connectivity index (χ1v) is 7.69. The lowest BCUT2D eigenvalue weighted by Gasteiger charge is -2.48. The normalized spacial score (nSPS) is 31.1. The molecule has 2 aliphatic heterocycles. The van der Waals surface area contributed by atoms with Crippen molar-refractivity contribution in [1.29, 1.82) is 0 Å². The summed E-state index contributed by atoms with van der Waals surface area (Å²) in [4.78, 5) is 0. The number of para-hydroxylation sites is 1. The molecule has 0 spiro atoms. The number of phenols is 1. The second-order valence-electron chi connectivity index (χ2n) is 6.55. The minimum Gasteiger partial charge on any atom is -0.504 e. The SMILES string of the molecule is CCC[C@@H]1CC[C@@H]2[C@@H](O1)c1cccc(O)c1OC2(C)C. The van der Waals surface area contributed by atoms with Gasteiger partial charge in [0, 0.05) is 11.5 Å². The molecular weight excluding hydrogens is 252 g/mol. The Kier molecular flexibility index (Phi) is 3.41. The Morgan fingerprint density at radius 1 is 1.30 bits per heavy atom. The first-order valence-electron chi connectivity index (χ1n) is 7.69. The third-order valence-electron chi connectivity index (χ3n) is 4.70. The lowest BCUT2D eigenvalue weighted by Crippen LogP contribution is -2.48. The van der Waals surface area contributed by atoms with Crippen molar-refractivity contribution in [2.24, 2.45) is 5.92 Å². The van der Waals surface area contributed by atoms with E-state index in [4.69, 9.17) is 9.47 Å². The number of phenolic OH excluding ortho intramolecular Hbond substituents is 1. The van der Waals surface area contributed by atoms with Gasteiger partial charge in [0.1, 0.15) is 5.60 Å². The molecule has 1 saturated heterocycles. The molecule has 0 unspecified atom stereocenters. The van der Waals surface area contributed by atoms with Crippen LogP contribution >= 0.6 is 0 Å².